The highest BCUT2D eigenvalue weighted by Crippen LogP contribution is 2.11. The molecule has 0 N–H and O–H groups in total. The molecule has 0 fully saturated rings. The molecule has 0 aliphatic heterocycles. The predicted octanol–water partition coefficient (Wildman–Crippen LogP) is 1.79. The zero-order valence-electron chi connectivity index (χ0n) is 10.3. The number of ether oxygens (including phenoxy) is 1. The largest absolute Gasteiger partial charge is 0.378 e. The van der Waals surface area contributed by atoms with E-state index in [-0.39, 0.29) is 6.61 Å². The van der Waals surface area contributed by atoms with Crippen molar-refractivity contribution in [2.75, 3.05) is 7.04 Å². The third kappa shape index (κ3) is 1.31. The van der Waals surface area contributed by atoms with Crippen molar-refractivity contribution in [3.05, 3.63) is 35.8 Å². The first-order valence-corrected chi connectivity index (χ1v) is 4.04. The van der Waals surface area contributed by atoms with Gasteiger partial charge >= 0.3 is 0 Å². The van der Waals surface area contributed by atoms with Gasteiger partial charge in [-0.25, -0.2) is 4.98 Å². The number of pyridine rings is 1. The normalized spacial score (nSPS) is 15.3. The summed E-state index contributed by atoms with van der Waals surface area (Å²) in [6.45, 7) is 1.89. The summed E-state index contributed by atoms with van der Waals surface area (Å²) in [5.41, 5.74) is 2.35. The van der Waals surface area contributed by atoms with Crippen molar-refractivity contribution in [3.63, 3.8) is 0 Å². The molecule has 0 bridgehead atoms. The molecule has 0 saturated heterocycles. The van der Waals surface area contributed by atoms with Crippen molar-refractivity contribution in [2.45, 2.75) is 13.5 Å². The molecule has 3 nitrogen and oxygen atoms in total. The third-order valence-electron chi connectivity index (χ3n) is 2.08. The van der Waals surface area contributed by atoms with Crippen LogP contribution in [0.1, 0.15) is 15.5 Å². The van der Waals surface area contributed by atoms with Gasteiger partial charge in [-0.05, 0) is 19.1 Å². The molecule has 0 unspecified atom stereocenters. The zero-order chi connectivity index (χ0) is 11.8. The van der Waals surface area contributed by atoms with Crippen molar-refractivity contribution in [2.24, 2.45) is 0 Å². The number of methoxy groups -OCH3 is 1. The second-order valence-corrected chi connectivity index (χ2v) is 2.86. The Labute approximate surface area is 81.2 Å². The first-order valence-electron chi connectivity index (χ1n) is 5.54. The summed E-state index contributed by atoms with van der Waals surface area (Å²) in [7, 11) is -2.37. The fraction of sp³-hybridized carbons (Fsp3) is 0.300. The molecule has 0 aliphatic carbocycles. The van der Waals surface area contributed by atoms with E-state index in [9.17, 15) is 0 Å². The number of hydrogen-bond acceptors (Lipinski definition) is 2. The third-order valence-corrected chi connectivity index (χ3v) is 2.08. The Hall–Kier alpha value is -1.35. The summed E-state index contributed by atoms with van der Waals surface area (Å²) in [4.78, 5) is 4.30. The van der Waals surface area contributed by atoms with Crippen LogP contribution in [0.5, 0.6) is 0 Å². The number of aromatic nitrogens is 2. The van der Waals surface area contributed by atoms with E-state index >= 15 is 0 Å². The predicted molar refractivity (Wildman–Crippen MR) is 50.6 cm³/mol. The Morgan fingerprint density at radius 2 is 2.54 bits per heavy atom. The molecule has 13 heavy (non-hydrogen) atoms. The Balaban J connectivity index is 2.28. The van der Waals surface area contributed by atoms with E-state index < -0.39 is 7.04 Å². The smallest absolute Gasteiger partial charge is 0.137 e. The molecule has 2 heterocycles. The molecular weight excluding hydrogens is 164 g/mol. The summed E-state index contributed by atoms with van der Waals surface area (Å²) < 4.78 is 27.5. The van der Waals surface area contributed by atoms with Crippen LogP contribution < -0.4 is 0 Å². The maximum Gasteiger partial charge on any atom is 0.137 e. The lowest BCUT2D eigenvalue weighted by molar-refractivity contribution is 0.181. The van der Waals surface area contributed by atoms with Crippen LogP contribution in [0.25, 0.3) is 5.65 Å². The maximum atomic E-state index is 6.96. The molecular formula is C10H12N2O. The number of nitrogens with zero attached hydrogens (tertiary/aromatic N) is 2. The van der Waals surface area contributed by atoms with Gasteiger partial charge in [0.1, 0.15) is 5.65 Å². The van der Waals surface area contributed by atoms with E-state index in [1.165, 1.54) is 0 Å². The van der Waals surface area contributed by atoms with Crippen LogP contribution in [0.4, 0.5) is 0 Å². The molecule has 2 aromatic rings. The number of imidazole rings is 1. The fourth-order valence-electron chi connectivity index (χ4n) is 1.37. The van der Waals surface area contributed by atoms with Gasteiger partial charge < -0.3 is 9.14 Å². The van der Waals surface area contributed by atoms with E-state index in [0.29, 0.717) is 5.69 Å². The van der Waals surface area contributed by atoms with E-state index in [4.69, 9.17) is 8.85 Å². The molecule has 68 valence electrons. The number of aryl methyl sites for hydroxylation is 1. The van der Waals surface area contributed by atoms with E-state index in [0.717, 1.165) is 11.3 Å². The summed E-state index contributed by atoms with van der Waals surface area (Å²) in [6, 6.07) is 5.65. The van der Waals surface area contributed by atoms with Crippen molar-refractivity contribution < 1.29 is 8.85 Å². The Kier molecular flexibility index (Phi) is 1.32. The molecule has 0 spiro atoms. The van der Waals surface area contributed by atoms with Crippen LogP contribution >= 0.6 is 0 Å². The number of hydrogen-bond donors (Lipinski definition) is 0. The van der Waals surface area contributed by atoms with Crippen LogP contribution in [0.15, 0.2) is 24.4 Å². The minimum atomic E-state index is -2.37. The Bertz CT molecular complexity index is 504. The molecule has 0 atom stereocenters. The van der Waals surface area contributed by atoms with Crippen molar-refractivity contribution in [1.29, 1.82) is 0 Å². The lowest BCUT2D eigenvalue weighted by Gasteiger charge is -1.96. The molecule has 2 aromatic heterocycles. The minimum Gasteiger partial charge on any atom is -0.378 e. The minimum absolute atomic E-state index is 0.00398. The molecule has 2 rings (SSSR count). The summed E-state index contributed by atoms with van der Waals surface area (Å²) >= 11 is 0. The monoisotopic (exact) mass is 179 g/mol. The van der Waals surface area contributed by atoms with Crippen LogP contribution in [0.3, 0.4) is 0 Å². The van der Waals surface area contributed by atoms with Gasteiger partial charge in [0, 0.05) is 18.9 Å². The van der Waals surface area contributed by atoms with E-state index in [1.807, 2.05) is 35.7 Å². The molecule has 0 saturated carbocycles. The maximum absolute atomic E-state index is 6.96. The Morgan fingerprint density at radius 1 is 1.62 bits per heavy atom. The number of fused-ring (bicyclic) bond motifs is 1. The lowest BCUT2D eigenvalue weighted by atomic mass is 10.3. The highest BCUT2D eigenvalue weighted by molar-refractivity contribution is 5.42. The molecule has 3 heteroatoms. The van der Waals surface area contributed by atoms with Gasteiger partial charge in [-0.3, -0.25) is 0 Å². The zero-order valence-corrected chi connectivity index (χ0v) is 7.32. The van der Waals surface area contributed by atoms with Crippen molar-refractivity contribution in [3.8, 4) is 0 Å². The average molecular weight is 179 g/mol. The fourth-order valence-corrected chi connectivity index (χ4v) is 1.37. The van der Waals surface area contributed by atoms with Crippen LogP contribution in [0, 0.1) is 6.92 Å². The number of rotatable bonds is 2. The second kappa shape index (κ2) is 3.18. The summed E-state index contributed by atoms with van der Waals surface area (Å²) in [5.74, 6) is 0. The molecule has 0 aliphatic rings. The van der Waals surface area contributed by atoms with Crippen LogP contribution in [-0.2, 0) is 11.3 Å². The second-order valence-electron chi connectivity index (χ2n) is 2.86. The lowest BCUT2D eigenvalue weighted by Crippen LogP contribution is -1.91. The first kappa shape index (κ1) is 5.40. The van der Waals surface area contributed by atoms with Crippen LogP contribution in [0.2, 0.25) is 0 Å². The summed E-state index contributed by atoms with van der Waals surface area (Å²) in [5, 5.41) is 0. The summed E-state index contributed by atoms with van der Waals surface area (Å²) in [6.07, 6.45) is 1.89. The van der Waals surface area contributed by atoms with Gasteiger partial charge in [-0.15, -0.1) is 0 Å². The van der Waals surface area contributed by atoms with Gasteiger partial charge in [-0.1, -0.05) is 6.07 Å². The SMILES string of the molecule is [2H]C([2H])([2H])OCc1nc2ccccn2c1C. The van der Waals surface area contributed by atoms with Gasteiger partial charge in [-0.2, -0.15) is 0 Å². The Morgan fingerprint density at radius 3 is 3.31 bits per heavy atom. The molecule has 0 radical (unpaired) electrons. The van der Waals surface area contributed by atoms with E-state index in [1.54, 1.807) is 0 Å². The first-order chi connectivity index (χ1) is 7.47. The molecule has 0 amide bonds. The average Bonchev–Trinajstić information content (AvgIpc) is 2.53. The quantitative estimate of drug-likeness (QED) is 0.702. The van der Waals surface area contributed by atoms with Gasteiger partial charge in [0.25, 0.3) is 0 Å². The molecule has 0 aromatic carbocycles. The van der Waals surface area contributed by atoms with Crippen molar-refractivity contribution in [1.82, 2.24) is 9.38 Å². The topological polar surface area (TPSA) is 26.5 Å². The van der Waals surface area contributed by atoms with Gasteiger partial charge in [0.05, 0.1) is 16.4 Å². The highest BCUT2D eigenvalue weighted by atomic mass is 16.5. The van der Waals surface area contributed by atoms with Gasteiger partial charge in [0.2, 0.25) is 0 Å². The highest BCUT2D eigenvalue weighted by Gasteiger charge is 2.05. The van der Waals surface area contributed by atoms with Gasteiger partial charge in [0.15, 0.2) is 0 Å². The van der Waals surface area contributed by atoms with Crippen LogP contribution in [-0.4, -0.2) is 16.4 Å². The van der Waals surface area contributed by atoms with E-state index in [2.05, 4.69) is 4.98 Å². The van der Waals surface area contributed by atoms with Crippen molar-refractivity contribution >= 4 is 5.65 Å². The standard InChI is InChI=1S/C10H12N2O/c1-8-9(7-13-2)11-10-5-3-4-6-12(8)10/h3-6H,7H2,1-2H3/i2D3.